The fourth-order valence-corrected chi connectivity index (χ4v) is 2.35. The van der Waals surface area contributed by atoms with E-state index in [0.717, 1.165) is 12.8 Å². The lowest BCUT2D eigenvalue weighted by Gasteiger charge is -2.20. The molecule has 0 heterocycles. The molecule has 0 amide bonds. The van der Waals surface area contributed by atoms with Crippen molar-refractivity contribution in [3.05, 3.63) is 12.2 Å². The molecule has 122 valence electrons. The first kappa shape index (κ1) is 19.9. The van der Waals surface area contributed by atoms with Gasteiger partial charge in [0.25, 0.3) is 0 Å². The van der Waals surface area contributed by atoms with Crippen LogP contribution >= 0.6 is 12.2 Å². The van der Waals surface area contributed by atoms with Crippen LogP contribution in [0.5, 0.6) is 0 Å². The van der Waals surface area contributed by atoms with Gasteiger partial charge in [0.05, 0.1) is 0 Å². The number of nitrogens with two attached hydrogens (primary N) is 2. The van der Waals surface area contributed by atoms with Crippen LogP contribution in [-0.2, 0) is 0 Å². The lowest BCUT2D eigenvalue weighted by atomic mass is 10.1. The van der Waals surface area contributed by atoms with Gasteiger partial charge in [-0.25, -0.2) is 0 Å². The van der Waals surface area contributed by atoms with E-state index >= 15 is 0 Å². The normalized spacial score (nSPS) is 10.9. The molecule has 0 atom stereocenters. The first-order chi connectivity index (χ1) is 10.1. The van der Waals surface area contributed by atoms with Gasteiger partial charge in [-0.05, 0) is 44.3 Å². The second-order valence-electron chi connectivity index (χ2n) is 5.40. The molecule has 5 N–H and O–H groups in total. The predicted molar refractivity (Wildman–Crippen MR) is 96.4 cm³/mol. The summed E-state index contributed by atoms with van der Waals surface area (Å²) in [6, 6.07) is 0. The van der Waals surface area contributed by atoms with Crippen LogP contribution in [0.1, 0.15) is 71.1 Å². The Labute approximate surface area is 135 Å². The number of rotatable bonds is 12. The highest BCUT2D eigenvalue weighted by Crippen LogP contribution is 2.07. The van der Waals surface area contributed by atoms with Gasteiger partial charge in [-0.1, -0.05) is 51.2 Å². The SMILES string of the molecule is CCCCCCC=CCCCCCCN(C(=N)N)C(N)=S. The second-order valence-corrected chi connectivity index (χ2v) is 5.82. The average molecular weight is 313 g/mol. The summed E-state index contributed by atoms with van der Waals surface area (Å²) in [5.74, 6) is -0.0616. The van der Waals surface area contributed by atoms with Gasteiger partial charge < -0.3 is 11.5 Å². The first-order valence-electron chi connectivity index (χ1n) is 8.15. The number of guanidine groups is 1. The minimum absolute atomic E-state index is 0.0616. The Hall–Kier alpha value is -1.10. The van der Waals surface area contributed by atoms with Crippen LogP contribution in [0.2, 0.25) is 0 Å². The molecule has 0 aliphatic carbocycles. The number of thiocarbonyl (C=S) groups is 1. The highest BCUT2D eigenvalue weighted by molar-refractivity contribution is 7.80. The first-order valence-corrected chi connectivity index (χ1v) is 8.56. The fourth-order valence-electron chi connectivity index (χ4n) is 2.16. The maximum Gasteiger partial charge on any atom is 0.194 e. The van der Waals surface area contributed by atoms with Gasteiger partial charge >= 0.3 is 0 Å². The summed E-state index contributed by atoms with van der Waals surface area (Å²) in [5, 5.41) is 7.55. The van der Waals surface area contributed by atoms with E-state index < -0.39 is 0 Å². The van der Waals surface area contributed by atoms with Crippen LogP contribution in [0.4, 0.5) is 0 Å². The van der Waals surface area contributed by atoms with Crippen molar-refractivity contribution in [1.82, 2.24) is 4.90 Å². The molecule has 0 bridgehead atoms. The van der Waals surface area contributed by atoms with Crippen molar-refractivity contribution in [2.24, 2.45) is 11.5 Å². The van der Waals surface area contributed by atoms with Crippen LogP contribution in [0, 0.1) is 5.41 Å². The molecule has 0 radical (unpaired) electrons. The Balaban J connectivity index is 3.41. The maximum atomic E-state index is 7.36. The minimum Gasteiger partial charge on any atom is -0.376 e. The summed E-state index contributed by atoms with van der Waals surface area (Å²) in [4.78, 5) is 1.48. The molecule has 0 unspecified atom stereocenters. The molecular formula is C16H32N4S. The zero-order valence-corrected chi connectivity index (χ0v) is 14.3. The molecular weight excluding hydrogens is 280 g/mol. The predicted octanol–water partition coefficient (Wildman–Crippen LogP) is 3.90. The molecule has 0 aromatic rings. The fraction of sp³-hybridized carbons (Fsp3) is 0.750. The molecule has 0 saturated heterocycles. The third-order valence-electron chi connectivity index (χ3n) is 3.45. The number of nitrogens with zero attached hydrogens (tertiary/aromatic N) is 1. The van der Waals surface area contributed by atoms with Gasteiger partial charge in [0.2, 0.25) is 0 Å². The Kier molecular flexibility index (Phi) is 13.1. The molecule has 0 aliphatic rings. The van der Waals surface area contributed by atoms with Crippen molar-refractivity contribution in [2.75, 3.05) is 6.54 Å². The van der Waals surface area contributed by atoms with Crippen LogP contribution < -0.4 is 11.5 Å². The van der Waals surface area contributed by atoms with Crippen LogP contribution in [0.25, 0.3) is 0 Å². The van der Waals surface area contributed by atoms with E-state index in [2.05, 4.69) is 19.1 Å². The quantitative estimate of drug-likeness (QED) is 0.168. The average Bonchev–Trinajstić information content (AvgIpc) is 2.43. The summed E-state index contributed by atoms with van der Waals surface area (Å²) in [6.07, 6.45) is 16.9. The summed E-state index contributed by atoms with van der Waals surface area (Å²) >= 11 is 4.85. The van der Waals surface area contributed by atoms with Gasteiger partial charge in [-0.3, -0.25) is 10.3 Å². The lowest BCUT2D eigenvalue weighted by molar-refractivity contribution is 0.533. The summed E-state index contributed by atoms with van der Waals surface area (Å²) < 4.78 is 0. The molecule has 5 heteroatoms. The standard InChI is InChI=1S/C16H32N4S/c1-2-3-4-5-6-7-8-9-10-11-12-13-14-20(15(17)18)16(19)21/h7-8H,2-6,9-14H2,1H3,(H3,17,18)(H2,19,21). The summed E-state index contributed by atoms with van der Waals surface area (Å²) in [5.41, 5.74) is 10.9. The van der Waals surface area contributed by atoms with E-state index in [4.69, 9.17) is 29.1 Å². The van der Waals surface area contributed by atoms with Gasteiger partial charge in [-0.15, -0.1) is 0 Å². The number of allylic oxidation sites excluding steroid dienone is 2. The topological polar surface area (TPSA) is 79.1 Å². The smallest absolute Gasteiger partial charge is 0.194 e. The molecule has 0 spiro atoms. The van der Waals surface area contributed by atoms with E-state index in [1.807, 2.05) is 0 Å². The molecule has 21 heavy (non-hydrogen) atoms. The lowest BCUT2D eigenvalue weighted by Crippen LogP contribution is -2.44. The van der Waals surface area contributed by atoms with Gasteiger partial charge in [0.1, 0.15) is 0 Å². The van der Waals surface area contributed by atoms with Crippen molar-refractivity contribution in [1.29, 1.82) is 5.41 Å². The highest BCUT2D eigenvalue weighted by Gasteiger charge is 2.07. The Morgan fingerprint density at radius 1 is 0.952 bits per heavy atom. The zero-order chi connectivity index (χ0) is 15.9. The van der Waals surface area contributed by atoms with Gasteiger partial charge in [0, 0.05) is 6.54 Å². The van der Waals surface area contributed by atoms with Crippen molar-refractivity contribution in [3.63, 3.8) is 0 Å². The van der Waals surface area contributed by atoms with E-state index in [1.54, 1.807) is 0 Å². The Morgan fingerprint density at radius 2 is 1.48 bits per heavy atom. The van der Waals surface area contributed by atoms with Crippen molar-refractivity contribution < 1.29 is 0 Å². The molecule has 0 rings (SSSR count). The van der Waals surface area contributed by atoms with Crippen LogP contribution in [0.15, 0.2) is 12.2 Å². The van der Waals surface area contributed by atoms with E-state index in [9.17, 15) is 0 Å². The van der Waals surface area contributed by atoms with Crippen LogP contribution in [0.3, 0.4) is 0 Å². The summed E-state index contributed by atoms with van der Waals surface area (Å²) in [6.45, 7) is 2.89. The van der Waals surface area contributed by atoms with E-state index in [1.165, 1.54) is 56.3 Å². The van der Waals surface area contributed by atoms with Crippen LogP contribution in [-0.4, -0.2) is 22.5 Å². The molecule has 4 nitrogen and oxygen atoms in total. The van der Waals surface area contributed by atoms with E-state index in [0.29, 0.717) is 6.54 Å². The molecule has 0 aromatic heterocycles. The Morgan fingerprint density at radius 3 is 1.95 bits per heavy atom. The van der Waals surface area contributed by atoms with Crippen molar-refractivity contribution in [3.8, 4) is 0 Å². The number of hydrogen-bond donors (Lipinski definition) is 3. The molecule has 0 aliphatic heterocycles. The van der Waals surface area contributed by atoms with Gasteiger partial charge in [0.15, 0.2) is 11.1 Å². The number of hydrogen-bond acceptors (Lipinski definition) is 2. The molecule has 0 saturated carbocycles. The monoisotopic (exact) mass is 312 g/mol. The summed E-state index contributed by atoms with van der Waals surface area (Å²) in [7, 11) is 0. The van der Waals surface area contributed by atoms with Crippen molar-refractivity contribution >= 4 is 23.3 Å². The zero-order valence-electron chi connectivity index (χ0n) is 13.4. The number of unbranched alkanes of at least 4 members (excludes halogenated alkanes) is 8. The highest BCUT2D eigenvalue weighted by atomic mass is 32.1. The largest absolute Gasteiger partial charge is 0.376 e. The number of nitrogens with one attached hydrogen (secondary N) is 1. The third-order valence-corrected chi connectivity index (χ3v) is 3.67. The molecule has 0 fully saturated rings. The van der Waals surface area contributed by atoms with Gasteiger partial charge in [-0.2, -0.15) is 0 Å². The maximum absolute atomic E-state index is 7.36. The molecule has 0 aromatic carbocycles. The van der Waals surface area contributed by atoms with E-state index in [-0.39, 0.29) is 11.1 Å². The second kappa shape index (κ2) is 13.9. The minimum atomic E-state index is -0.0616. The van der Waals surface area contributed by atoms with Crippen molar-refractivity contribution in [2.45, 2.75) is 71.1 Å². The Bertz CT molecular complexity index is 301. The third kappa shape index (κ3) is 12.4.